The first-order valence-corrected chi connectivity index (χ1v) is 5.81. The van der Waals surface area contributed by atoms with Crippen molar-refractivity contribution in [3.05, 3.63) is 24.3 Å². The molecule has 0 spiro atoms. The quantitative estimate of drug-likeness (QED) is 0.611. The van der Waals surface area contributed by atoms with E-state index in [1.807, 2.05) is 0 Å². The number of hydrogen-bond donors (Lipinski definition) is 1. The van der Waals surface area contributed by atoms with Crippen molar-refractivity contribution in [1.82, 2.24) is 0 Å². The van der Waals surface area contributed by atoms with Gasteiger partial charge in [0.1, 0.15) is 0 Å². The van der Waals surface area contributed by atoms with Crippen LogP contribution in [0, 0.1) is 5.92 Å². The Morgan fingerprint density at radius 1 is 1.41 bits per heavy atom. The topological polar surface area (TPSA) is 55.8 Å². The van der Waals surface area contributed by atoms with Crippen LogP contribution in [0.2, 0.25) is 0 Å². The van der Waals surface area contributed by atoms with Gasteiger partial charge in [0.25, 0.3) is 0 Å². The number of phenolic OH excluding ortho intramolecular Hbond substituents is 1. The number of benzene rings is 1. The number of aromatic hydroxyl groups is 1. The smallest absolute Gasteiger partial charge is 0.358 e. The first kappa shape index (κ1) is 13.4. The van der Waals surface area contributed by atoms with Gasteiger partial charge in [-0.1, -0.05) is 38.8 Å². The van der Waals surface area contributed by atoms with Crippen LogP contribution in [-0.2, 0) is 9.68 Å². The molecular formula is C13H18O4. The highest BCUT2D eigenvalue weighted by Crippen LogP contribution is 2.24. The zero-order valence-electron chi connectivity index (χ0n) is 10.2. The maximum absolute atomic E-state index is 11.5. The number of para-hydroxylation sites is 2. The summed E-state index contributed by atoms with van der Waals surface area (Å²) in [6.07, 6.45) is 2.80. The SMILES string of the molecule is CCCCC(C)C(=O)OOc1ccccc1O. The first-order chi connectivity index (χ1) is 8.15. The summed E-state index contributed by atoms with van der Waals surface area (Å²) in [5, 5.41) is 9.39. The molecular weight excluding hydrogens is 220 g/mol. The summed E-state index contributed by atoms with van der Waals surface area (Å²) in [5.41, 5.74) is 0. The molecule has 0 aliphatic heterocycles. The van der Waals surface area contributed by atoms with E-state index in [0.717, 1.165) is 19.3 Å². The minimum Gasteiger partial charge on any atom is -0.504 e. The van der Waals surface area contributed by atoms with Gasteiger partial charge in [-0.3, -0.25) is 9.78 Å². The van der Waals surface area contributed by atoms with Crippen LogP contribution >= 0.6 is 0 Å². The van der Waals surface area contributed by atoms with Crippen molar-refractivity contribution in [2.24, 2.45) is 5.92 Å². The lowest BCUT2D eigenvalue weighted by molar-refractivity contribution is -0.218. The molecule has 0 aromatic heterocycles. The van der Waals surface area contributed by atoms with Crippen molar-refractivity contribution in [1.29, 1.82) is 0 Å². The van der Waals surface area contributed by atoms with Gasteiger partial charge in [-0.15, -0.1) is 0 Å². The molecule has 1 rings (SSSR count). The summed E-state index contributed by atoms with van der Waals surface area (Å²) >= 11 is 0. The third kappa shape index (κ3) is 4.34. The molecule has 1 atom stereocenters. The molecule has 0 aliphatic carbocycles. The molecule has 0 aliphatic rings. The van der Waals surface area contributed by atoms with E-state index in [1.54, 1.807) is 19.1 Å². The van der Waals surface area contributed by atoms with Crippen molar-refractivity contribution in [2.45, 2.75) is 33.1 Å². The second-order valence-corrected chi connectivity index (χ2v) is 4.00. The molecule has 4 nitrogen and oxygen atoms in total. The Morgan fingerprint density at radius 2 is 2.12 bits per heavy atom. The van der Waals surface area contributed by atoms with Crippen molar-refractivity contribution < 1.29 is 19.7 Å². The molecule has 1 aromatic rings. The van der Waals surface area contributed by atoms with Crippen LogP contribution in [0.25, 0.3) is 0 Å². The minimum absolute atomic E-state index is 0.0542. The molecule has 0 heterocycles. The lowest BCUT2D eigenvalue weighted by atomic mass is 10.1. The predicted octanol–water partition coefficient (Wildman–Crippen LogP) is 3.06. The molecule has 0 radical (unpaired) electrons. The highest BCUT2D eigenvalue weighted by molar-refractivity contribution is 5.71. The molecule has 0 fully saturated rings. The average Bonchev–Trinajstić information content (AvgIpc) is 2.34. The number of carbonyl (C=O) groups is 1. The van der Waals surface area contributed by atoms with Crippen LogP contribution in [0.15, 0.2) is 24.3 Å². The summed E-state index contributed by atoms with van der Waals surface area (Å²) in [6, 6.07) is 6.33. The van der Waals surface area contributed by atoms with E-state index < -0.39 is 5.97 Å². The molecule has 0 saturated carbocycles. The minimum atomic E-state index is -0.415. The molecule has 4 heteroatoms. The Kier molecular flexibility index (Phi) is 5.33. The fraction of sp³-hybridized carbons (Fsp3) is 0.462. The summed E-state index contributed by atoms with van der Waals surface area (Å²) in [7, 11) is 0. The fourth-order valence-electron chi connectivity index (χ4n) is 1.32. The van der Waals surface area contributed by atoms with Crippen molar-refractivity contribution in [3.63, 3.8) is 0 Å². The summed E-state index contributed by atoms with van der Waals surface area (Å²) in [6.45, 7) is 3.86. The van der Waals surface area contributed by atoms with Crippen molar-refractivity contribution in [3.8, 4) is 11.5 Å². The zero-order chi connectivity index (χ0) is 12.7. The largest absolute Gasteiger partial charge is 0.504 e. The summed E-state index contributed by atoms with van der Waals surface area (Å²) < 4.78 is 0. The molecule has 1 aromatic carbocycles. The van der Waals surface area contributed by atoms with Gasteiger partial charge in [0.2, 0.25) is 5.75 Å². The average molecular weight is 238 g/mol. The molecule has 0 amide bonds. The number of carbonyl (C=O) groups excluding carboxylic acids is 1. The summed E-state index contributed by atoms with van der Waals surface area (Å²) in [5.74, 6) is -0.521. The van der Waals surface area contributed by atoms with E-state index in [4.69, 9.17) is 4.89 Å². The van der Waals surface area contributed by atoms with Crippen LogP contribution < -0.4 is 4.89 Å². The van der Waals surface area contributed by atoms with Gasteiger partial charge >= 0.3 is 5.97 Å². The molecule has 94 valence electrons. The molecule has 1 N–H and O–H groups in total. The van der Waals surface area contributed by atoms with Crippen LogP contribution in [0.4, 0.5) is 0 Å². The molecule has 17 heavy (non-hydrogen) atoms. The van der Waals surface area contributed by atoms with Crippen LogP contribution in [0.5, 0.6) is 11.5 Å². The second-order valence-electron chi connectivity index (χ2n) is 4.00. The molecule has 0 bridgehead atoms. The van der Waals surface area contributed by atoms with Gasteiger partial charge in [-0.2, -0.15) is 0 Å². The van der Waals surface area contributed by atoms with E-state index in [2.05, 4.69) is 11.8 Å². The third-order valence-corrected chi connectivity index (χ3v) is 2.47. The fourth-order valence-corrected chi connectivity index (χ4v) is 1.32. The van der Waals surface area contributed by atoms with E-state index in [-0.39, 0.29) is 17.4 Å². The number of phenols is 1. The van der Waals surface area contributed by atoms with Crippen LogP contribution in [0.1, 0.15) is 33.1 Å². The second kappa shape index (κ2) is 6.78. The third-order valence-electron chi connectivity index (χ3n) is 2.47. The first-order valence-electron chi connectivity index (χ1n) is 5.81. The van der Waals surface area contributed by atoms with Crippen LogP contribution in [0.3, 0.4) is 0 Å². The predicted molar refractivity (Wildman–Crippen MR) is 63.5 cm³/mol. The van der Waals surface area contributed by atoms with Gasteiger partial charge in [-0.05, 0) is 18.6 Å². The Balaban J connectivity index is 2.40. The van der Waals surface area contributed by atoms with E-state index >= 15 is 0 Å². The number of unbranched alkanes of at least 4 members (excludes halogenated alkanes) is 1. The number of rotatable bonds is 6. The maximum atomic E-state index is 11.5. The number of hydrogen-bond acceptors (Lipinski definition) is 4. The Labute approximate surface area is 101 Å². The van der Waals surface area contributed by atoms with E-state index in [0.29, 0.717) is 0 Å². The van der Waals surface area contributed by atoms with E-state index in [1.165, 1.54) is 12.1 Å². The summed E-state index contributed by atoms with van der Waals surface area (Å²) in [4.78, 5) is 21.0. The Hall–Kier alpha value is -1.71. The Bertz CT molecular complexity index is 362. The van der Waals surface area contributed by atoms with Crippen molar-refractivity contribution in [2.75, 3.05) is 0 Å². The van der Waals surface area contributed by atoms with Gasteiger partial charge in [0, 0.05) is 0 Å². The van der Waals surface area contributed by atoms with Gasteiger partial charge in [0.15, 0.2) is 5.75 Å². The van der Waals surface area contributed by atoms with Crippen LogP contribution in [-0.4, -0.2) is 11.1 Å². The highest BCUT2D eigenvalue weighted by Gasteiger charge is 2.16. The van der Waals surface area contributed by atoms with Gasteiger partial charge in [0.05, 0.1) is 5.92 Å². The molecule has 0 saturated heterocycles. The lowest BCUT2D eigenvalue weighted by Crippen LogP contribution is -2.16. The standard InChI is InChI=1S/C13H18O4/c1-3-4-7-10(2)13(15)17-16-12-9-6-5-8-11(12)14/h5-6,8-10,14H,3-4,7H2,1-2H3. The maximum Gasteiger partial charge on any atom is 0.358 e. The molecule has 1 unspecified atom stereocenters. The highest BCUT2D eigenvalue weighted by atomic mass is 17.2. The zero-order valence-corrected chi connectivity index (χ0v) is 10.2. The van der Waals surface area contributed by atoms with Crippen molar-refractivity contribution >= 4 is 5.97 Å². The normalized spacial score (nSPS) is 11.9. The van der Waals surface area contributed by atoms with Gasteiger partial charge < -0.3 is 5.11 Å². The Morgan fingerprint density at radius 3 is 2.76 bits per heavy atom. The lowest BCUT2D eigenvalue weighted by Gasteiger charge is -2.10. The van der Waals surface area contributed by atoms with E-state index in [9.17, 15) is 9.90 Å². The van der Waals surface area contributed by atoms with Gasteiger partial charge in [-0.25, -0.2) is 4.79 Å². The monoisotopic (exact) mass is 238 g/mol.